The molecule has 0 radical (unpaired) electrons. The van der Waals surface area contributed by atoms with Crippen LogP contribution in [-0.4, -0.2) is 81.1 Å². The summed E-state index contributed by atoms with van der Waals surface area (Å²) in [6.07, 6.45) is 1.57. The maximum atomic E-state index is 13.0. The van der Waals surface area contributed by atoms with Crippen LogP contribution in [0.3, 0.4) is 0 Å². The Labute approximate surface area is 360 Å². The van der Waals surface area contributed by atoms with E-state index >= 15 is 0 Å². The third kappa shape index (κ3) is 6.65. The number of allylic oxidation sites excluding steroid dienone is 1. The van der Waals surface area contributed by atoms with Gasteiger partial charge < -0.3 is 57.6 Å². The number of ketones is 1. The highest BCUT2D eigenvalue weighted by Gasteiger charge is 2.43. The second-order valence-electron chi connectivity index (χ2n) is 17.0. The average Bonchev–Trinajstić information content (AvgIpc) is 3.25. The summed E-state index contributed by atoms with van der Waals surface area (Å²) in [6, 6.07) is 14.9. The molecule has 2 N–H and O–H groups in total. The van der Waals surface area contributed by atoms with Crippen LogP contribution in [0.4, 0.5) is 0 Å². The monoisotopic (exact) mass is 846 g/mol. The molecule has 2 atom stereocenters. The second kappa shape index (κ2) is 15.2. The zero-order valence-corrected chi connectivity index (χ0v) is 36.3. The van der Waals surface area contributed by atoms with Crippen LogP contribution in [0, 0.1) is 0 Å². The molecule has 0 bridgehead atoms. The fraction of sp³-hybridized carbons (Fsp3) is 0.367. The molecule has 6 aliphatic rings. The largest absolute Gasteiger partial charge is 0.496 e. The molecule has 0 aliphatic carbocycles. The van der Waals surface area contributed by atoms with Crippen LogP contribution in [0.5, 0.6) is 46.0 Å². The van der Waals surface area contributed by atoms with Crippen molar-refractivity contribution in [3.05, 3.63) is 99.1 Å². The van der Waals surface area contributed by atoms with Crippen molar-refractivity contribution in [1.29, 1.82) is 0 Å². The van der Waals surface area contributed by atoms with Gasteiger partial charge in [0.1, 0.15) is 87.5 Å². The lowest BCUT2D eigenvalue weighted by Crippen LogP contribution is -2.38. The van der Waals surface area contributed by atoms with Gasteiger partial charge in [-0.3, -0.25) is 4.79 Å². The van der Waals surface area contributed by atoms with Gasteiger partial charge in [-0.2, -0.15) is 0 Å². The van der Waals surface area contributed by atoms with Crippen molar-refractivity contribution < 1.29 is 62.4 Å². The van der Waals surface area contributed by atoms with Crippen molar-refractivity contribution >= 4 is 34.0 Å². The molecule has 4 aromatic rings. The molecule has 0 amide bonds. The number of carbonyl (C=O) groups excluding carboxylic acids is 1. The molecule has 0 unspecified atom stereocenters. The van der Waals surface area contributed by atoms with E-state index in [1.807, 2.05) is 64.1 Å². The van der Waals surface area contributed by atoms with E-state index in [0.29, 0.717) is 69.1 Å². The van der Waals surface area contributed by atoms with E-state index in [0.717, 1.165) is 56.2 Å². The molecule has 13 heteroatoms. The van der Waals surface area contributed by atoms with Crippen LogP contribution >= 0.6 is 0 Å². The number of carbonyl (C=O) groups is 1. The second-order valence-corrected chi connectivity index (χ2v) is 17.0. The third-order valence-electron chi connectivity index (χ3n) is 11.8. The van der Waals surface area contributed by atoms with Gasteiger partial charge in [-0.15, -0.1) is 0 Å². The predicted molar refractivity (Wildman–Crippen MR) is 230 cm³/mol. The number of methoxy groups -OCH3 is 4. The lowest BCUT2D eigenvalue weighted by atomic mass is 9.86. The Morgan fingerprint density at radius 1 is 0.629 bits per heavy atom. The first kappa shape index (κ1) is 41.1. The molecule has 324 valence electrons. The maximum absolute atomic E-state index is 13.0. The summed E-state index contributed by atoms with van der Waals surface area (Å²) in [5.74, 6) is 6.33. The van der Waals surface area contributed by atoms with E-state index in [1.165, 1.54) is 0 Å². The molecular weight excluding hydrogens is 797 g/mol. The number of benzene rings is 4. The minimum Gasteiger partial charge on any atom is -0.496 e. The van der Waals surface area contributed by atoms with Gasteiger partial charge in [0, 0.05) is 33.4 Å². The predicted octanol–water partition coefficient (Wildman–Crippen LogP) is 8.03. The number of aliphatic hydroxyl groups is 2. The Morgan fingerprint density at radius 2 is 1.11 bits per heavy atom. The molecular formula is C49H50O13. The molecule has 62 heavy (non-hydrogen) atoms. The van der Waals surface area contributed by atoms with Crippen molar-refractivity contribution in [2.24, 2.45) is 0 Å². The molecule has 0 saturated carbocycles. The molecule has 6 heterocycles. The third-order valence-corrected chi connectivity index (χ3v) is 11.8. The number of ether oxygens (including phenoxy) is 10. The quantitative estimate of drug-likeness (QED) is 0.193. The number of Topliss-reactive ketones (excluding diaryl/α,β-unsaturated/α-hetero) is 1. The highest BCUT2D eigenvalue weighted by molar-refractivity contribution is 6.06. The van der Waals surface area contributed by atoms with Gasteiger partial charge in [0.15, 0.2) is 18.0 Å². The molecule has 0 aromatic heterocycles. The van der Waals surface area contributed by atoms with Gasteiger partial charge in [0.05, 0.1) is 64.8 Å². The summed E-state index contributed by atoms with van der Waals surface area (Å²) in [5, 5.41) is 19.3. The Morgan fingerprint density at radius 3 is 1.58 bits per heavy atom. The Hall–Kier alpha value is -6.31. The van der Waals surface area contributed by atoms with Crippen molar-refractivity contribution in [2.45, 2.75) is 77.7 Å². The molecule has 6 aliphatic heterocycles. The van der Waals surface area contributed by atoms with Gasteiger partial charge in [-0.05, 0) is 94.8 Å². The Balaban J connectivity index is 0.000000158. The Kier molecular flexibility index (Phi) is 10.1. The number of aliphatic hydroxyl groups excluding tert-OH is 2. The normalized spacial score (nSPS) is 20.2. The molecule has 0 saturated heterocycles. The lowest BCUT2D eigenvalue weighted by Gasteiger charge is -2.38. The summed E-state index contributed by atoms with van der Waals surface area (Å²) >= 11 is 0. The zero-order chi connectivity index (χ0) is 43.8. The van der Waals surface area contributed by atoms with Crippen molar-refractivity contribution in [2.75, 3.05) is 41.7 Å². The summed E-state index contributed by atoms with van der Waals surface area (Å²) < 4.78 is 59.8. The molecule has 4 aromatic carbocycles. The average molecular weight is 847 g/mol. The number of hydrogen-bond donors (Lipinski definition) is 2. The van der Waals surface area contributed by atoms with Crippen LogP contribution in [0.1, 0.15) is 90.3 Å². The standard InChI is InChI=1S/C25H26O6.C24H24O7/c1-13-10-25(2,3)31-17-7-6-15-23(28-5)22-16-9-18(27-4)14(11-26)8-19(16)29-12-20(22)30-24(15)21(13)17;1-24(2)9-15(26)21-16(31-24)6-5-13-22(28-4)20-14-8-17(27-3)12(10-25)7-18(14)29-11-19(20)30-23(13)21/h6-10,20,26H,11-12H2,1-5H3;5-8,19,25H,9-11H2,1-4H3/t20-;19-/m11/s1. The summed E-state index contributed by atoms with van der Waals surface area (Å²) in [7, 11) is 6.41. The van der Waals surface area contributed by atoms with E-state index in [2.05, 4.69) is 13.0 Å². The van der Waals surface area contributed by atoms with Crippen LogP contribution < -0.4 is 37.9 Å². The maximum Gasteiger partial charge on any atom is 0.174 e. The minimum atomic E-state index is -0.564. The minimum absolute atomic E-state index is 0.0200. The van der Waals surface area contributed by atoms with E-state index in [1.54, 1.807) is 40.6 Å². The molecule has 13 nitrogen and oxygen atoms in total. The molecule has 10 rings (SSSR count). The van der Waals surface area contributed by atoms with Gasteiger partial charge >= 0.3 is 0 Å². The lowest BCUT2D eigenvalue weighted by molar-refractivity contribution is 0.0603. The van der Waals surface area contributed by atoms with Crippen molar-refractivity contribution in [1.82, 2.24) is 0 Å². The van der Waals surface area contributed by atoms with E-state index in [4.69, 9.17) is 47.4 Å². The van der Waals surface area contributed by atoms with Gasteiger partial charge in [0.2, 0.25) is 0 Å². The summed E-state index contributed by atoms with van der Waals surface area (Å²) in [5.41, 5.74) is 7.80. The van der Waals surface area contributed by atoms with Crippen LogP contribution in [-0.2, 0) is 22.7 Å². The zero-order valence-electron chi connectivity index (χ0n) is 36.3. The summed E-state index contributed by atoms with van der Waals surface area (Å²) in [6.45, 7) is 10.2. The molecule has 0 fully saturated rings. The number of fused-ring (bicyclic) bond motifs is 12. The topological polar surface area (TPSA) is 150 Å². The highest BCUT2D eigenvalue weighted by Crippen LogP contribution is 2.54. The SMILES string of the molecule is COC1=C2c3cc(OC)c(CO)cc3OC[C@H]2Oc2c1ccc1c2C(=O)CC(C)(C)O1.COC1=C2c3cc(OC)c(CO)cc3OC[C@H]2Oc2c1ccc1c2C(C)=CC(C)(C)O1. The smallest absolute Gasteiger partial charge is 0.174 e. The van der Waals surface area contributed by atoms with Gasteiger partial charge in [-0.25, -0.2) is 0 Å². The first-order valence-electron chi connectivity index (χ1n) is 20.5. The van der Waals surface area contributed by atoms with Gasteiger partial charge in [-0.1, -0.05) is 0 Å². The first-order valence-corrected chi connectivity index (χ1v) is 20.5. The summed E-state index contributed by atoms with van der Waals surface area (Å²) in [4.78, 5) is 13.0. The van der Waals surface area contributed by atoms with Crippen LogP contribution in [0.15, 0.2) is 54.6 Å². The molecule has 0 spiro atoms. The van der Waals surface area contributed by atoms with Crippen molar-refractivity contribution in [3.63, 3.8) is 0 Å². The first-order chi connectivity index (χ1) is 29.7. The van der Waals surface area contributed by atoms with Crippen LogP contribution in [0.2, 0.25) is 0 Å². The fourth-order valence-electron chi connectivity index (χ4n) is 9.33. The number of rotatable bonds is 6. The van der Waals surface area contributed by atoms with E-state index < -0.39 is 11.7 Å². The van der Waals surface area contributed by atoms with Crippen molar-refractivity contribution in [3.8, 4) is 46.0 Å². The number of hydrogen-bond acceptors (Lipinski definition) is 13. The van der Waals surface area contributed by atoms with Crippen LogP contribution in [0.25, 0.3) is 28.2 Å². The van der Waals surface area contributed by atoms with E-state index in [9.17, 15) is 15.0 Å². The van der Waals surface area contributed by atoms with E-state index in [-0.39, 0.29) is 43.7 Å². The van der Waals surface area contributed by atoms with Gasteiger partial charge in [0.25, 0.3) is 0 Å². The fourth-order valence-corrected chi connectivity index (χ4v) is 9.33. The highest BCUT2D eigenvalue weighted by atomic mass is 16.6. The Bertz CT molecular complexity index is 2620.